The van der Waals surface area contributed by atoms with Crippen molar-refractivity contribution in [3.8, 4) is 5.75 Å². The van der Waals surface area contributed by atoms with E-state index in [0.717, 1.165) is 47.6 Å². The summed E-state index contributed by atoms with van der Waals surface area (Å²) in [6.45, 7) is 4.37. The quantitative estimate of drug-likeness (QED) is 0.473. The van der Waals surface area contributed by atoms with Crippen molar-refractivity contribution in [2.75, 3.05) is 45.2 Å². The maximum absolute atomic E-state index is 6.00. The molecular formula is C25H30N2O2. The van der Waals surface area contributed by atoms with E-state index in [1.165, 1.54) is 31.6 Å². The minimum atomic E-state index is 0.748. The molecule has 0 unspecified atom stereocenters. The Morgan fingerprint density at radius 3 is 2.55 bits per heavy atom. The first-order valence-corrected chi connectivity index (χ1v) is 10.5. The van der Waals surface area contributed by atoms with E-state index in [-0.39, 0.29) is 0 Å². The van der Waals surface area contributed by atoms with Gasteiger partial charge in [0.25, 0.3) is 0 Å². The maximum Gasteiger partial charge on any atom is 0.138 e. The lowest BCUT2D eigenvalue weighted by molar-refractivity contribution is 0.263. The summed E-state index contributed by atoms with van der Waals surface area (Å²) in [5.41, 5.74) is 3.21. The number of likely N-dealkylation sites (tertiary alicyclic amines) is 1. The summed E-state index contributed by atoms with van der Waals surface area (Å²) in [5.74, 6) is 1.73. The van der Waals surface area contributed by atoms with E-state index in [1.807, 2.05) is 32.3 Å². The molecule has 0 N–H and O–H groups in total. The number of hydrogen-bond acceptors (Lipinski definition) is 4. The smallest absolute Gasteiger partial charge is 0.138 e. The number of benzene rings is 2. The Hall–Kier alpha value is -2.72. The standard InChI is InChI=1S/C25H30N2O2/c1-26(2)22-10-6-20(7-11-22)8-12-24-18-21-9-13-23(19-25(21)29-24)28-17-5-16-27-14-3-4-15-27/h6-13,18-19H,3-5,14-17H2,1-2H3. The highest BCUT2D eigenvalue weighted by atomic mass is 16.5. The second-order valence-corrected chi connectivity index (χ2v) is 7.92. The van der Waals surface area contributed by atoms with Gasteiger partial charge in [-0.3, -0.25) is 0 Å². The molecule has 1 aromatic heterocycles. The molecule has 0 spiro atoms. The van der Waals surface area contributed by atoms with Gasteiger partial charge in [0.05, 0.1) is 6.61 Å². The van der Waals surface area contributed by atoms with Gasteiger partial charge in [0, 0.05) is 37.8 Å². The second-order valence-electron chi connectivity index (χ2n) is 7.92. The molecule has 1 aliphatic rings. The number of ether oxygens (including phenoxy) is 1. The van der Waals surface area contributed by atoms with Crippen LogP contribution in [0.2, 0.25) is 0 Å². The number of rotatable bonds is 8. The molecule has 2 heterocycles. The van der Waals surface area contributed by atoms with Gasteiger partial charge in [-0.05, 0) is 74.3 Å². The van der Waals surface area contributed by atoms with Gasteiger partial charge < -0.3 is 19.0 Å². The van der Waals surface area contributed by atoms with Gasteiger partial charge in [-0.1, -0.05) is 18.2 Å². The summed E-state index contributed by atoms with van der Waals surface area (Å²) in [7, 11) is 4.09. The highest BCUT2D eigenvalue weighted by molar-refractivity contribution is 5.83. The van der Waals surface area contributed by atoms with Gasteiger partial charge >= 0.3 is 0 Å². The normalized spacial score (nSPS) is 14.8. The number of furan rings is 1. The van der Waals surface area contributed by atoms with Crippen molar-refractivity contribution in [1.29, 1.82) is 0 Å². The Labute approximate surface area is 173 Å². The van der Waals surface area contributed by atoms with E-state index in [9.17, 15) is 0 Å². The number of nitrogens with zero attached hydrogens (tertiary/aromatic N) is 2. The first kappa shape index (κ1) is 19.6. The Kier molecular flexibility index (Phi) is 6.20. The molecule has 152 valence electrons. The van der Waals surface area contributed by atoms with Crippen LogP contribution >= 0.6 is 0 Å². The molecule has 0 amide bonds. The molecule has 4 nitrogen and oxygen atoms in total. The van der Waals surface area contributed by atoms with Crippen LogP contribution in [-0.2, 0) is 0 Å². The molecule has 1 aliphatic heterocycles. The van der Waals surface area contributed by atoms with Gasteiger partial charge in [0.1, 0.15) is 17.1 Å². The lowest BCUT2D eigenvalue weighted by Crippen LogP contribution is -2.21. The highest BCUT2D eigenvalue weighted by Gasteiger charge is 2.10. The highest BCUT2D eigenvalue weighted by Crippen LogP contribution is 2.26. The first-order valence-electron chi connectivity index (χ1n) is 10.5. The van der Waals surface area contributed by atoms with E-state index in [0.29, 0.717) is 0 Å². The van der Waals surface area contributed by atoms with Crippen molar-refractivity contribution >= 4 is 28.8 Å². The van der Waals surface area contributed by atoms with Crippen LogP contribution in [0.4, 0.5) is 5.69 Å². The van der Waals surface area contributed by atoms with Crippen molar-refractivity contribution in [2.24, 2.45) is 0 Å². The van der Waals surface area contributed by atoms with Crippen LogP contribution in [0.15, 0.2) is 52.9 Å². The lowest BCUT2D eigenvalue weighted by atomic mass is 10.1. The third-order valence-electron chi connectivity index (χ3n) is 5.45. The molecule has 2 aromatic carbocycles. The molecule has 0 radical (unpaired) electrons. The minimum absolute atomic E-state index is 0.748. The second kappa shape index (κ2) is 9.19. The Morgan fingerprint density at radius 2 is 1.79 bits per heavy atom. The molecule has 3 aromatic rings. The van der Waals surface area contributed by atoms with Gasteiger partial charge in [0.2, 0.25) is 0 Å². The van der Waals surface area contributed by atoms with Crippen LogP contribution in [0.1, 0.15) is 30.6 Å². The summed E-state index contributed by atoms with van der Waals surface area (Å²) >= 11 is 0. The third kappa shape index (κ3) is 5.21. The Bertz CT molecular complexity index is 951. The molecule has 0 atom stereocenters. The molecule has 4 heteroatoms. The molecular weight excluding hydrogens is 360 g/mol. The number of anilines is 1. The average molecular weight is 391 g/mol. The summed E-state index contributed by atoms with van der Waals surface area (Å²) < 4.78 is 11.9. The van der Waals surface area contributed by atoms with Crippen LogP contribution in [0.3, 0.4) is 0 Å². The van der Waals surface area contributed by atoms with Gasteiger partial charge in [-0.15, -0.1) is 0 Å². The van der Waals surface area contributed by atoms with E-state index in [4.69, 9.17) is 9.15 Å². The van der Waals surface area contributed by atoms with E-state index < -0.39 is 0 Å². The zero-order valence-electron chi connectivity index (χ0n) is 17.4. The monoisotopic (exact) mass is 390 g/mol. The number of fused-ring (bicyclic) bond motifs is 1. The zero-order chi connectivity index (χ0) is 20.1. The van der Waals surface area contributed by atoms with Crippen LogP contribution in [0.25, 0.3) is 23.1 Å². The molecule has 0 aliphatic carbocycles. The van der Waals surface area contributed by atoms with Crippen LogP contribution in [0.5, 0.6) is 5.75 Å². The van der Waals surface area contributed by atoms with Crippen LogP contribution in [-0.4, -0.2) is 45.2 Å². The fourth-order valence-electron chi connectivity index (χ4n) is 3.75. The molecule has 0 bridgehead atoms. The molecule has 29 heavy (non-hydrogen) atoms. The molecule has 0 saturated carbocycles. The van der Waals surface area contributed by atoms with Crippen LogP contribution < -0.4 is 9.64 Å². The number of hydrogen-bond donors (Lipinski definition) is 0. The predicted molar refractivity (Wildman–Crippen MR) is 122 cm³/mol. The summed E-state index contributed by atoms with van der Waals surface area (Å²) in [6.07, 6.45) is 7.84. The summed E-state index contributed by atoms with van der Waals surface area (Å²) in [4.78, 5) is 4.62. The minimum Gasteiger partial charge on any atom is -0.493 e. The fraction of sp³-hybridized carbons (Fsp3) is 0.360. The molecule has 4 rings (SSSR count). The Morgan fingerprint density at radius 1 is 1.00 bits per heavy atom. The largest absolute Gasteiger partial charge is 0.493 e. The van der Waals surface area contributed by atoms with Gasteiger partial charge in [0.15, 0.2) is 0 Å². The lowest BCUT2D eigenvalue weighted by Gasteiger charge is -2.14. The Balaban J connectivity index is 1.34. The van der Waals surface area contributed by atoms with Crippen molar-refractivity contribution in [2.45, 2.75) is 19.3 Å². The summed E-state index contributed by atoms with van der Waals surface area (Å²) in [5, 5.41) is 1.09. The average Bonchev–Trinajstić information content (AvgIpc) is 3.39. The van der Waals surface area contributed by atoms with Gasteiger partial charge in [-0.2, -0.15) is 0 Å². The van der Waals surface area contributed by atoms with E-state index in [1.54, 1.807) is 0 Å². The van der Waals surface area contributed by atoms with Crippen molar-refractivity contribution in [3.63, 3.8) is 0 Å². The van der Waals surface area contributed by atoms with Gasteiger partial charge in [-0.25, -0.2) is 0 Å². The van der Waals surface area contributed by atoms with Crippen molar-refractivity contribution in [1.82, 2.24) is 4.90 Å². The zero-order valence-corrected chi connectivity index (χ0v) is 17.4. The first-order chi connectivity index (χ1) is 14.2. The maximum atomic E-state index is 6.00. The third-order valence-corrected chi connectivity index (χ3v) is 5.45. The fourth-order valence-corrected chi connectivity index (χ4v) is 3.75. The predicted octanol–water partition coefficient (Wildman–Crippen LogP) is 5.53. The topological polar surface area (TPSA) is 28.9 Å². The van der Waals surface area contributed by atoms with E-state index in [2.05, 4.69) is 52.3 Å². The summed E-state index contributed by atoms with van der Waals surface area (Å²) in [6, 6.07) is 16.6. The van der Waals surface area contributed by atoms with Crippen molar-refractivity contribution in [3.05, 3.63) is 59.9 Å². The molecule has 1 saturated heterocycles. The molecule has 1 fully saturated rings. The van der Waals surface area contributed by atoms with E-state index >= 15 is 0 Å². The SMILES string of the molecule is CN(C)c1ccc(C=Cc2cc3ccc(OCCCN4CCCC4)cc3o2)cc1. The van der Waals surface area contributed by atoms with Crippen molar-refractivity contribution < 1.29 is 9.15 Å². The van der Waals surface area contributed by atoms with Crippen LogP contribution in [0, 0.1) is 0 Å².